The molecule has 148 valence electrons. The number of nitrogens with zero attached hydrogens (tertiary/aromatic N) is 3. The minimum Gasteiger partial charge on any atom is -0.157 e. The van der Waals surface area contributed by atoms with E-state index in [4.69, 9.17) is 0 Å². The number of fused-ring (bicyclic) bond motifs is 2. The fourth-order valence-electron chi connectivity index (χ4n) is 4.91. The zero-order chi connectivity index (χ0) is 21.0. The van der Waals surface area contributed by atoms with E-state index in [2.05, 4.69) is 122 Å². The van der Waals surface area contributed by atoms with Crippen molar-refractivity contribution in [2.45, 2.75) is 27.7 Å². The van der Waals surface area contributed by atoms with Crippen LogP contribution in [0.5, 0.6) is 0 Å². The van der Waals surface area contributed by atoms with Gasteiger partial charge in [0.25, 0.3) is 0 Å². The van der Waals surface area contributed by atoms with Crippen LogP contribution in [-0.4, -0.2) is 4.68 Å². The Hall–Kier alpha value is -3.46. The molecule has 0 radical (unpaired) electrons. The van der Waals surface area contributed by atoms with Gasteiger partial charge in [-0.25, -0.2) is 0 Å². The molecule has 0 saturated carbocycles. The molecule has 5 aromatic rings. The van der Waals surface area contributed by atoms with Gasteiger partial charge in [-0.3, -0.25) is 0 Å². The number of aromatic nitrogens is 3. The van der Waals surface area contributed by atoms with Crippen LogP contribution in [0.3, 0.4) is 0 Å². The zero-order valence-corrected chi connectivity index (χ0v) is 18.3. The highest BCUT2D eigenvalue weighted by Crippen LogP contribution is 2.26. The fourth-order valence-corrected chi connectivity index (χ4v) is 4.91. The Morgan fingerprint density at radius 1 is 0.700 bits per heavy atom. The highest BCUT2D eigenvalue weighted by atomic mass is 15.4. The van der Waals surface area contributed by atoms with Crippen LogP contribution in [0.2, 0.25) is 0 Å². The minimum absolute atomic E-state index is 1.23. The Labute approximate surface area is 177 Å². The SMILES string of the molecule is Cc1cc(C)c(-[n+]2cc3ccccc3n2C)c(C)c1-[n+]1c(C)ccc2ccccc21. The summed E-state index contributed by atoms with van der Waals surface area (Å²) in [6.07, 6.45) is 2.24. The number of hydrogen-bond acceptors (Lipinski definition) is 0. The molecule has 0 unspecified atom stereocenters. The second-order valence-corrected chi connectivity index (χ2v) is 8.26. The van der Waals surface area contributed by atoms with Crippen LogP contribution in [-0.2, 0) is 7.05 Å². The highest BCUT2D eigenvalue weighted by Gasteiger charge is 2.29. The maximum absolute atomic E-state index is 2.41. The van der Waals surface area contributed by atoms with Gasteiger partial charge in [0, 0.05) is 35.6 Å². The first-order valence-electron chi connectivity index (χ1n) is 10.5. The van der Waals surface area contributed by atoms with Gasteiger partial charge in [0.2, 0.25) is 23.1 Å². The van der Waals surface area contributed by atoms with Crippen LogP contribution in [0.25, 0.3) is 33.2 Å². The van der Waals surface area contributed by atoms with E-state index in [1.54, 1.807) is 0 Å². The van der Waals surface area contributed by atoms with E-state index >= 15 is 0 Å². The first kappa shape index (κ1) is 18.6. The lowest BCUT2D eigenvalue weighted by molar-refractivity contribution is -0.681. The summed E-state index contributed by atoms with van der Waals surface area (Å²) < 4.78 is 6.94. The average Bonchev–Trinajstić information content (AvgIpc) is 3.06. The first-order valence-corrected chi connectivity index (χ1v) is 10.5. The average molecular weight is 394 g/mol. The van der Waals surface area contributed by atoms with Gasteiger partial charge in [-0.15, -0.1) is 0 Å². The molecule has 0 amide bonds. The summed E-state index contributed by atoms with van der Waals surface area (Å²) in [5.41, 5.74) is 10.1. The van der Waals surface area contributed by atoms with Gasteiger partial charge in [0.1, 0.15) is 5.52 Å². The van der Waals surface area contributed by atoms with Crippen molar-refractivity contribution in [3.8, 4) is 11.4 Å². The van der Waals surface area contributed by atoms with Crippen LogP contribution >= 0.6 is 0 Å². The molecule has 3 aromatic carbocycles. The number of hydrogen-bond donors (Lipinski definition) is 0. The quantitative estimate of drug-likeness (QED) is 0.369. The summed E-state index contributed by atoms with van der Waals surface area (Å²) >= 11 is 0. The van der Waals surface area contributed by atoms with E-state index in [9.17, 15) is 0 Å². The van der Waals surface area contributed by atoms with E-state index < -0.39 is 0 Å². The van der Waals surface area contributed by atoms with E-state index in [1.165, 1.54) is 55.6 Å². The summed E-state index contributed by atoms with van der Waals surface area (Å²) in [4.78, 5) is 0. The van der Waals surface area contributed by atoms with Crippen molar-refractivity contribution in [1.82, 2.24) is 4.68 Å². The molecule has 0 aliphatic rings. The van der Waals surface area contributed by atoms with Gasteiger partial charge in [0.05, 0.1) is 18.0 Å². The molecule has 3 heteroatoms. The third-order valence-corrected chi connectivity index (χ3v) is 6.25. The second kappa shape index (κ2) is 6.81. The van der Waals surface area contributed by atoms with Crippen LogP contribution in [0.1, 0.15) is 22.4 Å². The second-order valence-electron chi connectivity index (χ2n) is 8.26. The van der Waals surface area contributed by atoms with Crippen molar-refractivity contribution in [2.75, 3.05) is 0 Å². The van der Waals surface area contributed by atoms with Gasteiger partial charge in [-0.1, -0.05) is 28.9 Å². The molecule has 2 heterocycles. The van der Waals surface area contributed by atoms with Gasteiger partial charge in [0.15, 0.2) is 5.69 Å². The van der Waals surface area contributed by atoms with E-state index in [-0.39, 0.29) is 0 Å². The minimum atomic E-state index is 1.23. The summed E-state index contributed by atoms with van der Waals surface area (Å²) in [5.74, 6) is 0. The van der Waals surface area contributed by atoms with Crippen LogP contribution in [0.4, 0.5) is 0 Å². The lowest BCUT2D eigenvalue weighted by atomic mass is 10.0. The van der Waals surface area contributed by atoms with Crippen LogP contribution in [0.15, 0.2) is 72.9 Å². The van der Waals surface area contributed by atoms with Gasteiger partial charge >= 0.3 is 0 Å². The Balaban J connectivity index is 1.87. The van der Waals surface area contributed by atoms with Gasteiger partial charge in [-0.2, -0.15) is 9.25 Å². The van der Waals surface area contributed by atoms with Crippen LogP contribution in [0, 0.1) is 27.7 Å². The maximum Gasteiger partial charge on any atom is 0.248 e. The van der Waals surface area contributed by atoms with Crippen LogP contribution < -0.4 is 9.25 Å². The number of pyridine rings is 1. The molecule has 0 bridgehead atoms. The van der Waals surface area contributed by atoms with Crippen molar-refractivity contribution < 1.29 is 9.25 Å². The molecule has 30 heavy (non-hydrogen) atoms. The Kier molecular flexibility index (Phi) is 4.21. The van der Waals surface area contributed by atoms with E-state index in [1.807, 2.05) is 0 Å². The monoisotopic (exact) mass is 393 g/mol. The largest absolute Gasteiger partial charge is 0.248 e. The zero-order valence-electron chi connectivity index (χ0n) is 18.3. The third kappa shape index (κ3) is 2.66. The molecule has 0 N–H and O–H groups in total. The highest BCUT2D eigenvalue weighted by molar-refractivity contribution is 5.78. The fraction of sp³-hybridized carbons (Fsp3) is 0.185. The molecule has 0 fully saturated rings. The van der Waals surface area contributed by atoms with E-state index in [0.717, 1.165) is 0 Å². The van der Waals surface area contributed by atoms with Gasteiger partial charge in [-0.05, 0) is 51.1 Å². The summed E-state index contributed by atoms with van der Waals surface area (Å²) in [6, 6.07) is 23.9. The molecular formula is C27H27N3+2. The van der Waals surface area contributed by atoms with Crippen molar-refractivity contribution in [3.05, 3.63) is 95.3 Å². The van der Waals surface area contributed by atoms with Crippen molar-refractivity contribution in [1.29, 1.82) is 0 Å². The number of rotatable bonds is 2. The molecule has 2 aromatic heterocycles. The maximum atomic E-state index is 2.41. The number of benzene rings is 3. The predicted octanol–water partition coefficient (Wildman–Crippen LogP) is 5.12. The Morgan fingerprint density at radius 3 is 2.13 bits per heavy atom. The molecule has 3 nitrogen and oxygen atoms in total. The lowest BCUT2D eigenvalue weighted by Crippen LogP contribution is -2.43. The molecule has 0 aliphatic carbocycles. The normalized spacial score (nSPS) is 11.5. The predicted molar refractivity (Wildman–Crippen MR) is 122 cm³/mol. The summed E-state index contributed by atoms with van der Waals surface area (Å²) in [5, 5.41) is 2.50. The summed E-state index contributed by atoms with van der Waals surface area (Å²) in [6.45, 7) is 8.88. The molecule has 0 saturated heterocycles. The first-order chi connectivity index (χ1) is 14.5. The lowest BCUT2D eigenvalue weighted by Gasteiger charge is -2.12. The number of para-hydroxylation sites is 2. The Bertz CT molecular complexity index is 1440. The van der Waals surface area contributed by atoms with Crippen molar-refractivity contribution >= 4 is 21.8 Å². The summed E-state index contributed by atoms with van der Waals surface area (Å²) in [7, 11) is 2.14. The molecule has 5 rings (SSSR count). The molecule has 0 aliphatic heterocycles. The number of aryl methyl sites for hydroxylation is 4. The topological polar surface area (TPSA) is 12.7 Å². The Morgan fingerprint density at radius 2 is 1.37 bits per heavy atom. The van der Waals surface area contributed by atoms with Gasteiger partial charge < -0.3 is 0 Å². The molecule has 0 atom stereocenters. The van der Waals surface area contributed by atoms with Crippen molar-refractivity contribution in [2.24, 2.45) is 7.05 Å². The third-order valence-electron chi connectivity index (χ3n) is 6.25. The smallest absolute Gasteiger partial charge is 0.157 e. The molecule has 0 spiro atoms. The standard InChI is InChI=1S/C27H27N3/c1-18-16-19(2)27(30-20(3)14-15-22-10-6-9-13-25(22)30)21(4)26(18)29-17-23-11-7-8-12-24(23)28(29)5/h6-17H,1-5H3/q+2. The molecular weight excluding hydrogens is 366 g/mol. The van der Waals surface area contributed by atoms with E-state index in [0.29, 0.717) is 0 Å². The van der Waals surface area contributed by atoms with Crippen molar-refractivity contribution in [3.63, 3.8) is 0 Å².